The van der Waals surface area contributed by atoms with Crippen LogP contribution in [0.5, 0.6) is 5.75 Å². The van der Waals surface area contributed by atoms with Crippen LogP contribution in [0.3, 0.4) is 0 Å². The molecule has 1 amide bonds. The van der Waals surface area contributed by atoms with Gasteiger partial charge in [0.2, 0.25) is 0 Å². The molecule has 0 saturated heterocycles. The number of methoxy groups -OCH3 is 1. The summed E-state index contributed by atoms with van der Waals surface area (Å²) in [5.74, 6) is -1.85. The lowest BCUT2D eigenvalue weighted by atomic mass is 10.0. The molecule has 0 bridgehead atoms. The average Bonchev–Trinajstić information content (AvgIpc) is 2.82. The van der Waals surface area contributed by atoms with Crippen molar-refractivity contribution in [3.8, 4) is 5.75 Å². The van der Waals surface area contributed by atoms with Gasteiger partial charge in [0, 0.05) is 18.7 Å². The number of hydrogen-bond donors (Lipinski definition) is 2. The molecule has 2 atom stereocenters. The van der Waals surface area contributed by atoms with Gasteiger partial charge in [0.15, 0.2) is 6.10 Å². The molecule has 2 aromatic carbocycles. The number of aliphatic hydroxyl groups is 1. The first kappa shape index (κ1) is 26.7. The van der Waals surface area contributed by atoms with Crippen molar-refractivity contribution in [3.05, 3.63) is 71.3 Å². The Labute approximate surface area is 196 Å². The van der Waals surface area contributed by atoms with Crippen LogP contribution >= 0.6 is 0 Å². The Morgan fingerprint density at radius 3 is 2.44 bits per heavy atom. The molecule has 8 nitrogen and oxygen atoms in total. The molecular formula is C24H27F2NO7. The third-order valence-corrected chi connectivity index (χ3v) is 4.55. The highest BCUT2D eigenvalue weighted by Crippen LogP contribution is 2.28. The van der Waals surface area contributed by atoms with E-state index in [-0.39, 0.29) is 31.1 Å². The molecular weight excluding hydrogens is 452 g/mol. The third-order valence-electron chi connectivity index (χ3n) is 4.55. The van der Waals surface area contributed by atoms with Crippen molar-refractivity contribution in [3.63, 3.8) is 0 Å². The van der Waals surface area contributed by atoms with Gasteiger partial charge in [-0.15, -0.1) is 0 Å². The fourth-order valence-electron chi connectivity index (χ4n) is 2.93. The smallest absolute Gasteiger partial charge is 0.412 e. The van der Waals surface area contributed by atoms with Crippen LogP contribution in [0, 0.1) is 11.6 Å². The molecule has 2 N–H and O–H groups in total. The molecule has 184 valence electrons. The number of aliphatic hydroxyl groups excluding tert-OH is 1. The number of esters is 1. The normalized spacial score (nSPS) is 13.1. The molecule has 34 heavy (non-hydrogen) atoms. The maximum Gasteiger partial charge on any atom is 0.412 e. The van der Waals surface area contributed by atoms with Crippen LogP contribution in [-0.2, 0) is 19.0 Å². The summed E-state index contributed by atoms with van der Waals surface area (Å²) in [4.78, 5) is 24.6. The summed E-state index contributed by atoms with van der Waals surface area (Å²) in [6.45, 7) is 3.33. The lowest BCUT2D eigenvalue weighted by Gasteiger charge is -2.25. The molecule has 0 aliphatic rings. The molecule has 0 spiro atoms. The summed E-state index contributed by atoms with van der Waals surface area (Å²) in [6, 6.07) is 9.12. The lowest BCUT2D eigenvalue weighted by molar-refractivity contribution is -0.138. The standard InChI is InChI=1S/C24H27F2NO7/c1-4-32-23(29)15(2)13-21(31-3)22(16-5-8-18(9-6-16)33-12-11-28)34-24(30)27-20-10-7-17(25)14-19(20)26/h5-10,13-14,21-22,28H,4,11-12H2,1-3H3,(H,27,30)/b15-13+/t21-,22-/m0/s1. The summed E-state index contributed by atoms with van der Waals surface area (Å²) < 4.78 is 48.4. The number of carbonyl (C=O) groups excluding carboxylic acids is 2. The second-order valence-corrected chi connectivity index (χ2v) is 6.99. The number of benzene rings is 2. The summed E-state index contributed by atoms with van der Waals surface area (Å²) in [5.41, 5.74) is 0.436. The zero-order valence-corrected chi connectivity index (χ0v) is 19.0. The van der Waals surface area contributed by atoms with E-state index in [9.17, 15) is 18.4 Å². The van der Waals surface area contributed by atoms with E-state index in [4.69, 9.17) is 24.1 Å². The summed E-state index contributed by atoms with van der Waals surface area (Å²) >= 11 is 0. The van der Waals surface area contributed by atoms with E-state index in [0.717, 1.165) is 12.1 Å². The monoisotopic (exact) mass is 479 g/mol. The topological polar surface area (TPSA) is 103 Å². The predicted molar refractivity (Wildman–Crippen MR) is 119 cm³/mol. The summed E-state index contributed by atoms with van der Waals surface area (Å²) in [5, 5.41) is 11.1. The van der Waals surface area contributed by atoms with Gasteiger partial charge in [0.25, 0.3) is 0 Å². The highest BCUT2D eigenvalue weighted by Gasteiger charge is 2.27. The van der Waals surface area contributed by atoms with Crippen molar-refractivity contribution in [1.82, 2.24) is 0 Å². The van der Waals surface area contributed by atoms with Crippen molar-refractivity contribution < 1.29 is 42.4 Å². The Morgan fingerprint density at radius 2 is 1.85 bits per heavy atom. The molecule has 0 aliphatic heterocycles. The maximum absolute atomic E-state index is 13.9. The number of nitrogens with one attached hydrogen (secondary N) is 1. The van der Waals surface area contributed by atoms with E-state index in [1.807, 2.05) is 0 Å². The van der Waals surface area contributed by atoms with E-state index in [2.05, 4.69) is 5.32 Å². The van der Waals surface area contributed by atoms with Crippen LogP contribution in [0.25, 0.3) is 0 Å². The van der Waals surface area contributed by atoms with Crippen molar-refractivity contribution in [1.29, 1.82) is 0 Å². The zero-order valence-electron chi connectivity index (χ0n) is 19.0. The van der Waals surface area contributed by atoms with Gasteiger partial charge < -0.3 is 24.1 Å². The van der Waals surface area contributed by atoms with Gasteiger partial charge in [-0.1, -0.05) is 12.1 Å². The van der Waals surface area contributed by atoms with E-state index in [1.165, 1.54) is 20.1 Å². The predicted octanol–water partition coefficient (Wildman–Crippen LogP) is 4.15. The second-order valence-electron chi connectivity index (χ2n) is 6.99. The number of anilines is 1. The molecule has 0 unspecified atom stereocenters. The molecule has 0 fully saturated rings. The fourth-order valence-corrected chi connectivity index (χ4v) is 2.93. The van der Waals surface area contributed by atoms with Crippen molar-refractivity contribution in [2.24, 2.45) is 0 Å². The lowest BCUT2D eigenvalue weighted by Crippen LogP contribution is -2.27. The van der Waals surface area contributed by atoms with Crippen LogP contribution in [0.2, 0.25) is 0 Å². The molecule has 0 heterocycles. The molecule has 10 heteroatoms. The number of carbonyl (C=O) groups is 2. The molecule has 0 radical (unpaired) electrons. The molecule has 2 rings (SSSR count). The van der Waals surface area contributed by atoms with Crippen LogP contribution < -0.4 is 10.1 Å². The van der Waals surface area contributed by atoms with Gasteiger partial charge in [-0.05, 0) is 49.8 Å². The highest BCUT2D eigenvalue weighted by atomic mass is 19.1. The number of hydrogen-bond acceptors (Lipinski definition) is 7. The van der Waals surface area contributed by atoms with Gasteiger partial charge in [0.1, 0.15) is 30.1 Å². The minimum atomic E-state index is -1.07. The zero-order chi connectivity index (χ0) is 25.1. The van der Waals surface area contributed by atoms with Crippen LogP contribution in [0.1, 0.15) is 25.5 Å². The van der Waals surface area contributed by atoms with Crippen molar-refractivity contribution in [2.75, 3.05) is 32.2 Å². The number of ether oxygens (including phenoxy) is 4. The van der Waals surface area contributed by atoms with Gasteiger partial charge in [0.05, 0.1) is 18.9 Å². The summed E-state index contributed by atoms with van der Waals surface area (Å²) in [7, 11) is 1.37. The maximum atomic E-state index is 13.9. The average molecular weight is 479 g/mol. The van der Waals surface area contributed by atoms with Gasteiger partial charge in [-0.2, -0.15) is 0 Å². The number of halogens is 2. The van der Waals surface area contributed by atoms with Gasteiger partial charge >= 0.3 is 12.1 Å². The largest absolute Gasteiger partial charge is 0.491 e. The van der Waals surface area contributed by atoms with Gasteiger partial charge in [-0.3, -0.25) is 5.32 Å². The molecule has 2 aromatic rings. The van der Waals surface area contributed by atoms with E-state index in [0.29, 0.717) is 17.4 Å². The Kier molecular flexibility index (Phi) is 10.4. The van der Waals surface area contributed by atoms with Gasteiger partial charge in [-0.25, -0.2) is 18.4 Å². The Morgan fingerprint density at radius 1 is 1.15 bits per heavy atom. The summed E-state index contributed by atoms with van der Waals surface area (Å²) in [6.07, 6.45) is -1.56. The first-order valence-electron chi connectivity index (χ1n) is 10.4. The first-order valence-corrected chi connectivity index (χ1v) is 10.4. The molecule has 0 aromatic heterocycles. The van der Waals surface area contributed by atoms with Crippen LogP contribution in [0.15, 0.2) is 54.1 Å². The van der Waals surface area contributed by atoms with E-state index in [1.54, 1.807) is 31.2 Å². The Bertz CT molecular complexity index is 995. The quantitative estimate of drug-likeness (QED) is 0.369. The van der Waals surface area contributed by atoms with Crippen LogP contribution in [-0.4, -0.2) is 50.2 Å². The highest BCUT2D eigenvalue weighted by molar-refractivity contribution is 5.88. The number of amides is 1. The molecule has 0 saturated carbocycles. The van der Waals surface area contributed by atoms with E-state index >= 15 is 0 Å². The number of rotatable bonds is 11. The van der Waals surface area contributed by atoms with Crippen molar-refractivity contribution in [2.45, 2.75) is 26.1 Å². The first-order chi connectivity index (χ1) is 16.3. The Hall–Kier alpha value is -3.50. The minimum absolute atomic E-state index is 0.104. The van der Waals surface area contributed by atoms with Crippen LogP contribution in [0.4, 0.5) is 19.3 Å². The third kappa shape index (κ3) is 7.82. The Balaban J connectivity index is 2.32. The minimum Gasteiger partial charge on any atom is -0.491 e. The molecule has 0 aliphatic carbocycles. The van der Waals surface area contributed by atoms with Crippen molar-refractivity contribution >= 4 is 17.7 Å². The van der Waals surface area contributed by atoms with E-state index < -0.39 is 35.9 Å². The SMILES string of the molecule is CCOC(=O)/C(C)=C/[C@H](OC)[C@@H](OC(=O)Nc1ccc(F)cc1F)c1ccc(OCCO)cc1. The second kappa shape index (κ2) is 13.3. The fraction of sp³-hybridized carbons (Fsp3) is 0.333.